The van der Waals surface area contributed by atoms with Gasteiger partial charge in [-0.1, -0.05) is 50.2 Å². The SMILES string of the molecule is CC1[C@@H]2c3ccc(O)cc3C[C@@]1(C)CCN2Cc1ccccc1. The first-order valence-electron chi connectivity index (χ1n) is 8.67. The van der Waals surface area contributed by atoms with Crippen LogP contribution in [0.5, 0.6) is 5.75 Å². The van der Waals surface area contributed by atoms with E-state index in [4.69, 9.17) is 0 Å². The zero-order valence-electron chi connectivity index (χ0n) is 14.0. The summed E-state index contributed by atoms with van der Waals surface area (Å²) in [5.74, 6) is 1.03. The van der Waals surface area contributed by atoms with E-state index in [9.17, 15) is 5.11 Å². The fourth-order valence-electron chi connectivity index (χ4n) is 4.64. The van der Waals surface area contributed by atoms with Gasteiger partial charge in [0.2, 0.25) is 0 Å². The van der Waals surface area contributed by atoms with Gasteiger partial charge in [-0.3, -0.25) is 4.90 Å². The van der Waals surface area contributed by atoms with Crippen LogP contribution >= 0.6 is 0 Å². The van der Waals surface area contributed by atoms with Crippen LogP contribution in [0.1, 0.15) is 43.0 Å². The van der Waals surface area contributed by atoms with Crippen molar-refractivity contribution in [3.8, 4) is 5.75 Å². The number of hydrogen-bond acceptors (Lipinski definition) is 2. The third-order valence-electron chi connectivity index (χ3n) is 6.20. The normalized spacial score (nSPS) is 30.0. The molecule has 0 aromatic heterocycles. The zero-order valence-corrected chi connectivity index (χ0v) is 14.0. The van der Waals surface area contributed by atoms with Crippen LogP contribution in [0, 0.1) is 11.3 Å². The molecule has 2 aliphatic rings. The Morgan fingerprint density at radius 2 is 1.96 bits per heavy atom. The van der Waals surface area contributed by atoms with E-state index < -0.39 is 0 Å². The fourth-order valence-corrected chi connectivity index (χ4v) is 4.64. The molecule has 1 N–H and O–H groups in total. The first kappa shape index (κ1) is 14.8. The van der Waals surface area contributed by atoms with Crippen LogP contribution in [0.25, 0.3) is 0 Å². The Morgan fingerprint density at radius 3 is 2.74 bits per heavy atom. The van der Waals surface area contributed by atoms with Gasteiger partial charge in [-0.2, -0.15) is 0 Å². The van der Waals surface area contributed by atoms with E-state index in [0.717, 1.165) is 19.5 Å². The quantitative estimate of drug-likeness (QED) is 0.880. The highest BCUT2D eigenvalue weighted by atomic mass is 16.3. The molecule has 2 bridgehead atoms. The molecule has 0 amide bonds. The summed E-state index contributed by atoms with van der Waals surface area (Å²) >= 11 is 0. The lowest BCUT2D eigenvalue weighted by molar-refractivity contribution is -0.0184. The van der Waals surface area contributed by atoms with E-state index in [1.54, 1.807) is 0 Å². The maximum atomic E-state index is 9.89. The number of likely N-dealkylation sites (tertiary alicyclic amines) is 1. The van der Waals surface area contributed by atoms with E-state index in [1.807, 2.05) is 12.1 Å². The summed E-state index contributed by atoms with van der Waals surface area (Å²) in [5.41, 5.74) is 4.49. The maximum absolute atomic E-state index is 9.89. The molecule has 0 saturated carbocycles. The average molecular weight is 307 g/mol. The summed E-state index contributed by atoms with van der Waals surface area (Å²) in [4.78, 5) is 2.64. The highest BCUT2D eigenvalue weighted by Crippen LogP contribution is 2.54. The predicted molar refractivity (Wildman–Crippen MR) is 93.3 cm³/mol. The number of nitrogens with zero attached hydrogens (tertiary/aromatic N) is 1. The monoisotopic (exact) mass is 307 g/mol. The van der Waals surface area contributed by atoms with Crippen molar-refractivity contribution in [2.45, 2.75) is 39.3 Å². The molecule has 0 spiro atoms. The lowest BCUT2D eigenvalue weighted by Gasteiger charge is -2.54. The van der Waals surface area contributed by atoms with Crippen molar-refractivity contribution in [2.24, 2.45) is 11.3 Å². The minimum atomic E-state index is 0.346. The Kier molecular flexibility index (Phi) is 3.46. The number of fused-ring (bicyclic) bond motifs is 4. The number of rotatable bonds is 2. The number of piperidine rings is 1. The van der Waals surface area contributed by atoms with Gasteiger partial charge < -0.3 is 5.11 Å². The predicted octanol–water partition coefficient (Wildman–Crippen LogP) is 4.54. The molecule has 1 unspecified atom stereocenters. The Labute approximate surface area is 138 Å². The van der Waals surface area contributed by atoms with Gasteiger partial charge >= 0.3 is 0 Å². The largest absolute Gasteiger partial charge is 0.508 e. The van der Waals surface area contributed by atoms with Gasteiger partial charge in [0.1, 0.15) is 5.75 Å². The Morgan fingerprint density at radius 1 is 1.17 bits per heavy atom. The lowest BCUT2D eigenvalue weighted by atomic mass is 9.60. The molecule has 2 heteroatoms. The van der Waals surface area contributed by atoms with Crippen molar-refractivity contribution in [3.63, 3.8) is 0 Å². The summed E-state index contributed by atoms with van der Waals surface area (Å²) in [7, 11) is 0. The summed E-state index contributed by atoms with van der Waals surface area (Å²) < 4.78 is 0. The molecule has 120 valence electrons. The number of benzene rings is 2. The van der Waals surface area contributed by atoms with Gasteiger partial charge in [-0.05, 0) is 59.5 Å². The second kappa shape index (κ2) is 5.38. The molecule has 1 aliphatic heterocycles. The van der Waals surface area contributed by atoms with Crippen LogP contribution in [-0.2, 0) is 13.0 Å². The molecule has 2 nitrogen and oxygen atoms in total. The number of hydrogen-bond donors (Lipinski definition) is 1. The van der Waals surface area contributed by atoms with Crippen molar-refractivity contribution in [2.75, 3.05) is 6.54 Å². The van der Waals surface area contributed by atoms with Crippen molar-refractivity contribution in [1.82, 2.24) is 4.90 Å². The van der Waals surface area contributed by atoms with E-state index in [-0.39, 0.29) is 0 Å². The smallest absolute Gasteiger partial charge is 0.115 e. The summed E-state index contributed by atoms with van der Waals surface area (Å²) in [6.45, 7) is 7.00. The third kappa shape index (κ3) is 2.46. The van der Waals surface area contributed by atoms with Crippen LogP contribution in [0.15, 0.2) is 48.5 Å². The topological polar surface area (TPSA) is 23.5 Å². The van der Waals surface area contributed by atoms with Crippen LogP contribution < -0.4 is 0 Å². The van der Waals surface area contributed by atoms with Crippen molar-refractivity contribution < 1.29 is 5.11 Å². The van der Waals surface area contributed by atoms with Gasteiger partial charge in [0.15, 0.2) is 0 Å². The second-order valence-electron chi connectivity index (χ2n) is 7.65. The van der Waals surface area contributed by atoms with E-state index in [2.05, 4.69) is 55.1 Å². The molecule has 4 rings (SSSR count). The number of aromatic hydroxyl groups is 1. The van der Waals surface area contributed by atoms with Gasteiger partial charge in [0, 0.05) is 12.6 Å². The molecule has 3 atom stereocenters. The van der Waals surface area contributed by atoms with E-state index >= 15 is 0 Å². The van der Waals surface area contributed by atoms with Crippen LogP contribution in [-0.4, -0.2) is 16.6 Å². The maximum Gasteiger partial charge on any atom is 0.115 e. The molecule has 1 aliphatic carbocycles. The molecule has 23 heavy (non-hydrogen) atoms. The third-order valence-corrected chi connectivity index (χ3v) is 6.20. The fraction of sp³-hybridized carbons (Fsp3) is 0.429. The van der Waals surface area contributed by atoms with Crippen LogP contribution in [0.3, 0.4) is 0 Å². The van der Waals surface area contributed by atoms with Crippen LogP contribution in [0.4, 0.5) is 0 Å². The molecule has 0 radical (unpaired) electrons. The van der Waals surface area contributed by atoms with Crippen LogP contribution in [0.2, 0.25) is 0 Å². The Balaban J connectivity index is 1.73. The molecule has 2 aromatic carbocycles. The van der Waals surface area contributed by atoms with Gasteiger partial charge in [0.05, 0.1) is 0 Å². The first-order valence-corrected chi connectivity index (χ1v) is 8.67. The zero-order chi connectivity index (χ0) is 16.0. The minimum absolute atomic E-state index is 0.346. The van der Waals surface area contributed by atoms with E-state index in [1.165, 1.54) is 23.1 Å². The molecule has 2 aromatic rings. The standard InChI is InChI=1S/C21H25NO/c1-15-20-19-9-8-18(23)12-17(19)13-21(15,2)10-11-22(20)14-16-6-4-3-5-7-16/h3-9,12,15,20,23H,10-11,13-14H2,1-2H3/t15?,20-,21-/m1/s1. The highest BCUT2D eigenvalue weighted by Gasteiger charge is 2.47. The highest BCUT2D eigenvalue weighted by molar-refractivity contribution is 5.41. The van der Waals surface area contributed by atoms with E-state index in [0.29, 0.717) is 23.1 Å². The number of phenolic OH excluding ortho intramolecular Hbond substituents is 1. The molecule has 1 fully saturated rings. The summed E-state index contributed by atoms with van der Waals surface area (Å²) in [6.07, 6.45) is 2.32. The minimum Gasteiger partial charge on any atom is -0.508 e. The Hall–Kier alpha value is -1.80. The number of phenols is 1. The first-order chi connectivity index (χ1) is 11.1. The summed E-state index contributed by atoms with van der Waals surface area (Å²) in [6, 6.07) is 17.2. The van der Waals surface area contributed by atoms with Gasteiger partial charge in [-0.15, -0.1) is 0 Å². The molecule has 1 saturated heterocycles. The molecule has 1 heterocycles. The van der Waals surface area contributed by atoms with Gasteiger partial charge in [-0.25, -0.2) is 0 Å². The Bertz CT molecular complexity index is 711. The molecular weight excluding hydrogens is 282 g/mol. The van der Waals surface area contributed by atoms with Crippen molar-refractivity contribution >= 4 is 0 Å². The van der Waals surface area contributed by atoms with Crippen molar-refractivity contribution in [3.05, 3.63) is 65.2 Å². The average Bonchev–Trinajstić information content (AvgIpc) is 2.53. The summed E-state index contributed by atoms with van der Waals surface area (Å²) in [5, 5.41) is 9.89. The van der Waals surface area contributed by atoms with Gasteiger partial charge in [0.25, 0.3) is 0 Å². The second-order valence-corrected chi connectivity index (χ2v) is 7.65. The molecular formula is C21H25NO. The van der Waals surface area contributed by atoms with Crippen molar-refractivity contribution in [1.29, 1.82) is 0 Å². The lowest BCUT2D eigenvalue weighted by Crippen LogP contribution is -2.50.